The molecule has 0 unspecified atom stereocenters. The van der Waals surface area contributed by atoms with Gasteiger partial charge in [0.05, 0.1) is 5.41 Å². The highest BCUT2D eigenvalue weighted by Crippen LogP contribution is 2.37. The van der Waals surface area contributed by atoms with E-state index in [4.69, 9.17) is 9.47 Å². The van der Waals surface area contributed by atoms with Gasteiger partial charge in [0.25, 0.3) is 0 Å². The van der Waals surface area contributed by atoms with E-state index in [1.807, 2.05) is 23.1 Å². The van der Waals surface area contributed by atoms with Gasteiger partial charge in [0.1, 0.15) is 17.7 Å². The Bertz CT molecular complexity index is 880. The number of piperidine rings is 1. The quantitative estimate of drug-likeness (QED) is 0.801. The van der Waals surface area contributed by atoms with Gasteiger partial charge in [-0.15, -0.1) is 0 Å². The smallest absolute Gasteiger partial charge is 0.233 e. The van der Waals surface area contributed by atoms with Crippen LogP contribution in [0.4, 0.5) is 0 Å². The SMILES string of the molecule is N#Cc1cccnc1OC1CCN(C(=O)C2(c3ccccc3)CCOCC2)CC1. The monoisotopic (exact) mass is 391 g/mol. The van der Waals surface area contributed by atoms with Gasteiger partial charge < -0.3 is 14.4 Å². The highest BCUT2D eigenvalue weighted by atomic mass is 16.5. The number of likely N-dealkylation sites (tertiary alicyclic amines) is 1. The molecule has 0 spiro atoms. The van der Waals surface area contributed by atoms with Crippen molar-refractivity contribution in [2.24, 2.45) is 0 Å². The second kappa shape index (κ2) is 8.62. The fraction of sp³-hybridized carbons (Fsp3) is 0.435. The Morgan fingerprint density at radius 2 is 1.86 bits per heavy atom. The van der Waals surface area contributed by atoms with Crippen LogP contribution in [0.2, 0.25) is 0 Å². The zero-order valence-electron chi connectivity index (χ0n) is 16.4. The van der Waals surface area contributed by atoms with E-state index >= 15 is 0 Å². The number of carbonyl (C=O) groups is 1. The van der Waals surface area contributed by atoms with E-state index in [0.29, 0.717) is 50.6 Å². The highest BCUT2D eigenvalue weighted by Gasteiger charge is 2.44. The number of ether oxygens (including phenoxy) is 2. The summed E-state index contributed by atoms with van der Waals surface area (Å²) in [7, 11) is 0. The first-order valence-electron chi connectivity index (χ1n) is 10.2. The lowest BCUT2D eigenvalue weighted by Gasteiger charge is -2.42. The van der Waals surface area contributed by atoms with E-state index in [-0.39, 0.29) is 12.0 Å². The van der Waals surface area contributed by atoms with Crippen LogP contribution in [-0.2, 0) is 14.9 Å². The van der Waals surface area contributed by atoms with Crippen LogP contribution in [0.15, 0.2) is 48.7 Å². The number of nitrogens with zero attached hydrogens (tertiary/aromatic N) is 3. The van der Waals surface area contributed by atoms with Crippen LogP contribution in [0.1, 0.15) is 36.8 Å². The van der Waals surface area contributed by atoms with Gasteiger partial charge in [-0.25, -0.2) is 4.98 Å². The molecular formula is C23H25N3O3. The van der Waals surface area contributed by atoms with Crippen molar-refractivity contribution in [2.45, 2.75) is 37.2 Å². The van der Waals surface area contributed by atoms with Crippen molar-refractivity contribution in [3.05, 3.63) is 59.8 Å². The maximum absolute atomic E-state index is 13.6. The third-order valence-electron chi connectivity index (χ3n) is 5.98. The first-order chi connectivity index (χ1) is 14.2. The molecule has 2 aliphatic heterocycles. The Labute approximate surface area is 171 Å². The zero-order chi connectivity index (χ0) is 20.1. The molecule has 0 N–H and O–H groups in total. The van der Waals surface area contributed by atoms with Crippen LogP contribution >= 0.6 is 0 Å². The molecule has 0 bridgehead atoms. The molecule has 0 atom stereocenters. The van der Waals surface area contributed by atoms with E-state index in [0.717, 1.165) is 18.4 Å². The van der Waals surface area contributed by atoms with Crippen LogP contribution in [-0.4, -0.2) is 48.2 Å². The number of hydrogen-bond donors (Lipinski definition) is 0. The molecule has 150 valence electrons. The molecule has 1 aromatic heterocycles. The normalized spacial score (nSPS) is 19.3. The Kier molecular flexibility index (Phi) is 5.77. The van der Waals surface area contributed by atoms with Crippen molar-refractivity contribution in [3.63, 3.8) is 0 Å². The predicted molar refractivity (Wildman–Crippen MR) is 107 cm³/mol. The molecule has 0 saturated carbocycles. The summed E-state index contributed by atoms with van der Waals surface area (Å²) in [5, 5.41) is 9.21. The summed E-state index contributed by atoms with van der Waals surface area (Å²) in [6.45, 7) is 2.51. The lowest BCUT2D eigenvalue weighted by Crippen LogP contribution is -2.53. The van der Waals surface area contributed by atoms with Gasteiger partial charge in [0, 0.05) is 45.3 Å². The molecule has 1 amide bonds. The zero-order valence-corrected chi connectivity index (χ0v) is 16.4. The summed E-state index contributed by atoms with van der Waals surface area (Å²) in [4.78, 5) is 19.8. The van der Waals surface area contributed by atoms with Crippen LogP contribution in [0.5, 0.6) is 5.88 Å². The molecule has 29 heavy (non-hydrogen) atoms. The first kappa shape index (κ1) is 19.4. The fourth-order valence-corrected chi connectivity index (χ4v) is 4.31. The molecular weight excluding hydrogens is 366 g/mol. The molecule has 2 aliphatic rings. The maximum atomic E-state index is 13.6. The highest BCUT2D eigenvalue weighted by molar-refractivity contribution is 5.88. The predicted octanol–water partition coefficient (Wildman–Crippen LogP) is 3.07. The van der Waals surface area contributed by atoms with Crippen LogP contribution in [0.25, 0.3) is 0 Å². The lowest BCUT2D eigenvalue weighted by atomic mass is 9.72. The van der Waals surface area contributed by atoms with Crippen molar-refractivity contribution in [1.82, 2.24) is 9.88 Å². The fourth-order valence-electron chi connectivity index (χ4n) is 4.31. The van der Waals surface area contributed by atoms with Gasteiger partial charge in [0.15, 0.2) is 0 Å². The second-order valence-electron chi connectivity index (χ2n) is 7.64. The van der Waals surface area contributed by atoms with Gasteiger partial charge in [-0.3, -0.25) is 4.79 Å². The van der Waals surface area contributed by atoms with Crippen molar-refractivity contribution >= 4 is 5.91 Å². The average molecular weight is 391 g/mol. The summed E-state index contributed by atoms with van der Waals surface area (Å²) in [5.74, 6) is 0.575. The van der Waals surface area contributed by atoms with E-state index in [1.165, 1.54) is 0 Å². The summed E-state index contributed by atoms with van der Waals surface area (Å²) >= 11 is 0. The number of benzene rings is 1. The molecule has 0 radical (unpaired) electrons. The third kappa shape index (κ3) is 3.96. The number of hydrogen-bond acceptors (Lipinski definition) is 5. The van der Waals surface area contributed by atoms with E-state index in [9.17, 15) is 10.1 Å². The minimum Gasteiger partial charge on any atom is -0.473 e. The van der Waals surface area contributed by atoms with Gasteiger partial charge >= 0.3 is 0 Å². The Hall–Kier alpha value is -2.91. The maximum Gasteiger partial charge on any atom is 0.233 e. The first-order valence-corrected chi connectivity index (χ1v) is 10.2. The van der Waals surface area contributed by atoms with E-state index < -0.39 is 5.41 Å². The molecule has 6 nitrogen and oxygen atoms in total. The van der Waals surface area contributed by atoms with Crippen molar-refractivity contribution in [2.75, 3.05) is 26.3 Å². The number of rotatable bonds is 4. The van der Waals surface area contributed by atoms with Crippen molar-refractivity contribution in [1.29, 1.82) is 5.26 Å². The van der Waals surface area contributed by atoms with Gasteiger partial charge in [-0.05, 0) is 30.5 Å². The molecule has 0 aliphatic carbocycles. The molecule has 3 heterocycles. The van der Waals surface area contributed by atoms with E-state index in [2.05, 4.69) is 23.2 Å². The number of aromatic nitrogens is 1. The number of carbonyl (C=O) groups excluding carboxylic acids is 1. The van der Waals surface area contributed by atoms with Crippen molar-refractivity contribution < 1.29 is 14.3 Å². The number of nitriles is 1. The number of amides is 1. The number of pyridine rings is 1. The molecule has 4 rings (SSSR count). The third-order valence-corrected chi connectivity index (χ3v) is 5.98. The minimum atomic E-state index is -0.498. The van der Waals surface area contributed by atoms with Gasteiger partial charge in [-0.2, -0.15) is 5.26 Å². The van der Waals surface area contributed by atoms with E-state index in [1.54, 1.807) is 18.3 Å². The Morgan fingerprint density at radius 1 is 1.14 bits per heavy atom. The minimum absolute atomic E-state index is 0.0385. The van der Waals surface area contributed by atoms with Gasteiger partial charge in [0.2, 0.25) is 11.8 Å². The summed E-state index contributed by atoms with van der Waals surface area (Å²) in [6.07, 6.45) is 4.48. The molecule has 2 saturated heterocycles. The Balaban J connectivity index is 1.44. The second-order valence-corrected chi connectivity index (χ2v) is 7.64. The van der Waals surface area contributed by atoms with Crippen LogP contribution < -0.4 is 4.74 Å². The Morgan fingerprint density at radius 3 is 2.55 bits per heavy atom. The van der Waals surface area contributed by atoms with Gasteiger partial charge in [-0.1, -0.05) is 30.3 Å². The van der Waals surface area contributed by atoms with Crippen molar-refractivity contribution in [3.8, 4) is 11.9 Å². The largest absolute Gasteiger partial charge is 0.473 e. The molecule has 2 fully saturated rings. The lowest BCUT2D eigenvalue weighted by molar-refractivity contribution is -0.143. The molecule has 6 heteroatoms. The topological polar surface area (TPSA) is 75.5 Å². The summed E-state index contributed by atoms with van der Waals surface area (Å²) < 4.78 is 11.5. The average Bonchev–Trinajstić information content (AvgIpc) is 2.80. The molecule has 2 aromatic rings. The van der Waals surface area contributed by atoms with Crippen LogP contribution in [0.3, 0.4) is 0 Å². The standard InChI is InChI=1S/C23H25N3O3/c24-17-18-5-4-12-25-21(18)29-20-8-13-26(14-9-20)22(27)23(10-15-28-16-11-23)19-6-2-1-3-7-19/h1-7,12,20H,8-11,13-16H2. The molecule has 1 aromatic carbocycles. The van der Waals surface area contributed by atoms with Crippen LogP contribution in [0, 0.1) is 11.3 Å². The summed E-state index contributed by atoms with van der Waals surface area (Å²) in [5.41, 5.74) is 1.03. The summed E-state index contributed by atoms with van der Waals surface area (Å²) in [6, 6.07) is 15.6.